The van der Waals surface area contributed by atoms with Gasteiger partial charge in [-0.05, 0) is 32.6 Å². The van der Waals surface area contributed by atoms with E-state index in [9.17, 15) is 9.59 Å². The maximum atomic E-state index is 11.3. The van der Waals surface area contributed by atoms with Crippen LogP contribution in [0.2, 0.25) is 0 Å². The average Bonchev–Trinajstić information content (AvgIpc) is 3.18. The van der Waals surface area contributed by atoms with Gasteiger partial charge in [0.25, 0.3) is 5.91 Å². The molecule has 0 aromatic carbocycles. The molecule has 0 aromatic rings. The van der Waals surface area contributed by atoms with Gasteiger partial charge >= 0.3 is 0 Å². The third-order valence-corrected chi connectivity index (χ3v) is 3.93. The minimum atomic E-state index is -0.106. The molecule has 2 saturated carbocycles. The Balaban J connectivity index is 0.000000181. The van der Waals surface area contributed by atoms with Crippen LogP contribution in [0.4, 0.5) is 0 Å². The molecule has 0 heterocycles. The normalized spacial score (nSPS) is 21.9. The van der Waals surface area contributed by atoms with E-state index < -0.39 is 0 Å². The molecule has 2 aliphatic carbocycles. The van der Waals surface area contributed by atoms with Crippen LogP contribution < -0.4 is 0 Å². The Bertz CT molecular complexity index is 317. The van der Waals surface area contributed by atoms with Crippen molar-refractivity contribution < 1.29 is 14.4 Å². The van der Waals surface area contributed by atoms with E-state index in [2.05, 4.69) is 0 Å². The molecule has 4 nitrogen and oxygen atoms in total. The number of Topliss-reactive ketones (excluding diaryl/α,β-unsaturated/α-hetero) is 1. The number of carbonyl (C=O) groups excluding carboxylic acids is 2. The van der Waals surface area contributed by atoms with Gasteiger partial charge in [-0.15, -0.1) is 0 Å². The molecule has 0 bridgehead atoms. The zero-order valence-electron chi connectivity index (χ0n) is 11.5. The number of nitrogens with zero attached hydrogens (tertiary/aromatic N) is 1. The van der Waals surface area contributed by atoms with Crippen LogP contribution in [0.3, 0.4) is 0 Å². The van der Waals surface area contributed by atoms with Crippen LogP contribution in [0.25, 0.3) is 0 Å². The highest BCUT2D eigenvalue weighted by atomic mass is 16.7. The second kappa shape index (κ2) is 4.77. The number of rotatable bonds is 3. The van der Waals surface area contributed by atoms with Gasteiger partial charge in [-0.3, -0.25) is 14.4 Å². The highest BCUT2D eigenvalue weighted by molar-refractivity contribution is 5.84. The first-order valence-electron chi connectivity index (χ1n) is 6.08. The SMILES string of the molecule is CC(=O)C1(C)CC1.CON(C)C(=O)C1(C)CC1. The molecule has 98 valence electrons. The standard InChI is InChI=1S/C7H13NO2.C6H10O/c1-7(4-5-7)6(9)8(2)10-3;1-5(7)6(2)3-4-6/h4-5H2,1-3H3;3-4H2,1-2H3. The highest BCUT2D eigenvalue weighted by Crippen LogP contribution is 2.46. The van der Waals surface area contributed by atoms with E-state index in [1.807, 2.05) is 13.8 Å². The number of carbonyl (C=O) groups is 2. The van der Waals surface area contributed by atoms with Crippen molar-refractivity contribution >= 4 is 11.7 Å². The molecular weight excluding hydrogens is 218 g/mol. The summed E-state index contributed by atoms with van der Waals surface area (Å²) in [5.41, 5.74) is 0.00472. The fourth-order valence-electron chi connectivity index (χ4n) is 1.40. The molecule has 1 amide bonds. The molecule has 2 fully saturated rings. The van der Waals surface area contributed by atoms with Gasteiger partial charge in [-0.1, -0.05) is 13.8 Å². The lowest BCUT2D eigenvalue weighted by atomic mass is 10.1. The maximum absolute atomic E-state index is 11.3. The summed E-state index contributed by atoms with van der Waals surface area (Å²) in [5.74, 6) is 0.447. The zero-order valence-corrected chi connectivity index (χ0v) is 11.5. The number of hydroxylamine groups is 2. The summed E-state index contributed by atoms with van der Waals surface area (Å²) >= 11 is 0. The van der Waals surface area contributed by atoms with E-state index in [-0.39, 0.29) is 16.7 Å². The van der Waals surface area contributed by atoms with Crippen LogP contribution in [0.1, 0.15) is 46.5 Å². The van der Waals surface area contributed by atoms with Gasteiger partial charge in [-0.2, -0.15) is 0 Å². The van der Waals surface area contributed by atoms with Gasteiger partial charge in [-0.25, -0.2) is 5.06 Å². The molecule has 2 rings (SSSR count). The minimum absolute atomic E-state index is 0.0926. The first-order valence-corrected chi connectivity index (χ1v) is 6.08. The Kier molecular flexibility index (Phi) is 3.97. The fraction of sp³-hybridized carbons (Fsp3) is 0.846. The molecule has 0 unspecified atom stereocenters. The molecule has 0 spiro atoms. The van der Waals surface area contributed by atoms with Crippen molar-refractivity contribution in [2.75, 3.05) is 14.2 Å². The van der Waals surface area contributed by atoms with Crippen molar-refractivity contribution in [2.45, 2.75) is 46.5 Å². The Morgan fingerprint density at radius 1 is 1.06 bits per heavy atom. The van der Waals surface area contributed by atoms with E-state index in [0.717, 1.165) is 25.7 Å². The van der Waals surface area contributed by atoms with Crippen LogP contribution in [0, 0.1) is 10.8 Å². The van der Waals surface area contributed by atoms with Gasteiger partial charge in [0.15, 0.2) is 0 Å². The predicted octanol–water partition coefficient (Wildman–Crippen LogP) is 2.18. The van der Waals surface area contributed by atoms with Gasteiger partial charge in [0.2, 0.25) is 0 Å². The smallest absolute Gasteiger partial charge is 0.251 e. The second-order valence-corrected chi connectivity index (χ2v) is 5.66. The lowest BCUT2D eigenvalue weighted by molar-refractivity contribution is -0.174. The molecule has 0 aliphatic heterocycles. The zero-order chi connectivity index (χ0) is 13.3. The summed E-state index contributed by atoms with van der Waals surface area (Å²) < 4.78 is 0. The molecule has 0 N–H and O–H groups in total. The largest absolute Gasteiger partial charge is 0.299 e. The van der Waals surface area contributed by atoms with Crippen molar-refractivity contribution in [2.24, 2.45) is 10.8 Å². The van der Waals surface area contributed by atoms with Crippen molar-refractivity contribution in [3.8, 4) is 0 Å². The van der Waals surface area contributed by atoms with Crippen LogP contribution >= 0.6 is 0 Å². The molecule has 17 heavy (non-hydrogen) atoms. The summed E-state index contributed by atoms with van der Waals surface area (Å²) in [6.45, 7) is 5.66. The average molecular weight is 241 g/mol. The third kappa shape index (κ3) is 3.53. The molecule has 0 radical (unpaired) electrons. The van der Waals surface area contributed by atoms with E-state index in [4.69, 9.17) is 4.84 Å². The topological polar surface area (TPSA) is 46.6 Å². The first-order chi connectivity index (χ1) is 7.75. The van der Waals surface area contributed by atoms with Crippen LogP contribution in [-0.4, -0.2) is 30.9 Å². The maximum Gasteiger partial charge on any atom is 0.251 e. The van der Waals surface area contributed by atoms with Crippen molar-refractivity contribution in [3.63, 3.8) is 0 Å². The summed E-state index contributed by atoms with van der Waals surface area (Å²) in [6, 6.07) is 0. The highest BCUT2D eigenvalue weighted by Gasteiger charge is 2.46. The van der Waals surface area contributed by atoms with Gasteiger partial charge < -0.3 is 0 Å². The lowest BCUT2D eigenvalue weighted by Gasteiger charge is -2.17. The number of amides is 1. The predicted molar refractivity (Wildman–Crippen MR) is 65.1 cm³/mol. The number of ketones is 1. The minimum Gasteiger partial charge on any atom is -0.299 e. The van der Waals surface area contributed by atoms with Gasteiger partial charge in [0.05, 0.1) is 7.11 Å². The summed E-state index contributed by atoms with van der Waals surface area (Å²) in [5, 5.41) is 1.30. The van der Waals surface area contributed by atoms with Crippen molar-refractivity contribution in [1.29, 1.82) is 0 Å². The summed E-state index contributed by atoms with van der Waals surface area (Å²) in [4.78, 5) is 26.5. The molecule has 2 aliphatic rings. The fourth-order valence-corrected chi connectivity index (χ4v) is 1.40. The number of hydrogen-bond acceptors (Lipinski definition) is 3. The molecule has 0 atom stereocenters. The Labute approximate surface area is 103 Å². The van der Waals surface area contributed by atoms with E-state index in [1.165, 1.54) is 12.2 Å². The Hall–Kier alpha value is -0.900. The van der Waals surface area contributed by atoms with Crippen LogP contribution in [0.15, 0.2) is 0 Å². The molecule has 0 aromatic heterocycles. The number of hydrogen-bond donors (Lipinski definition) is 0. The summed E-state index contributed by atoms with van der Waals surface area (Å²) in [7, 11) is 3.15. The molecule has 0 saturated heterocycles. The Morgan fingerprint density at radius 2 is 1.47 bits per heavy atom. The van der Waals surface area contributed by atoms with E-state index in [1.54, 1.807) is 14.0 Å². The molecule has 4 heteroatoms. The Morgan fingerprint density at radius 3 is 1.65 bits per heavy atom. The van der Waals surface area contributed by atoms with E-state index >= 15 is 0 Å². The van der Waals surface area contributed by atoms with Crippen molar-refractivity contribution in [1.82, 2.24) is 5.06 Å². The summed E-state index contributed by atoms with van der Waals surface area (Å²) in [6.07, 6.45) is 4.23. The lowest BCUT2D eigenvalue weighted by Crippen LogP contribution is -2.31. The monoisotopic (exact) mass is 241 g/mol. The molecular formula is C13H23NO3. The van der Waals surface area contributed by atoms with Crippen LogP contribution in [-0.2, 0) is 14.4 Å². The van der Waals surface area contributed by atoms with Crippen molar-refractivity contribution in [3.05, 3.63) is 0 Å². The van der Waals surface area contributed by atoms with Crippen LogP contribution in [0.5, 0.6) is 0 Å². The first kappa shape index (κ1) is 14.2. The third-order valence-electron chi connectivity index (χ3n) is 3.93. The van der Waals surface area contributed by atoms with Gasteiger partial charge in [0.1, 0.15) is 5.78 Å². The second-order valence-electron chi connectivity index (χ2n) is 5.66. The quantitative estimate of drug-likeness (QED) is 0.711. The van der Waals surface area contributed by atoms with E-state index in [0.29, 0.717) is 5.78 Å². The van der Waals surface area contributed by atoms with Gasteiger partial charge in [0, 0.05) is 17.9 Å².